The molecule has 0 aromatic heterocycles. The number of hydrogen-bond acceptors (Lipinski definition) is 4. The molecule has 1 saturated carbocycles. The molecule has 2 rings (SSSR count). The molecule has 7 heteroatoms. The van der Waals surface area contributed by atoms with E-state index in [9.17, 15) is 18.9 Å². The molecule has 1 fully saturated rings. The summed E-state index contributed by atoms with van der Waals surface area (Å²) < 4.78 is 32.2. The lowest BCUT2D eigenvalue weighted by Gasteiger charge is -2.22. The van der Waals surface area contributed by atoms with Gasteiger partial charge in [0.1, 0.15) is 11.5 Å². The van der Waals surface area contributed by atoms with Crippen LogP contribution in [0.5, 0.6) is 0 Å². The summed E-state index contributed by atoms with van der Waals surface area (Å²) in [5.74, 6) is -2.04. The molecule has 0 unspecified atom stereocenters. The number of ether oxygens (including phenoxy) is 1. The number of nitro benzene ring substituents is 1. The normalized spacial score (nSPS) is 15.9. The van der Waals surface area contributed by atoms with E-state index in [0.717, 1.165) is 31.7 Å². The van der Waals surface area contributed by atoms with Gasteiger partial charge in [-0.05, 0) is 12.8 Å². The number of hydrogen-bond donors (Lipinski definition) is 1. The highest BCUT2D eigenvalue weighted by molar-refractivity contribution is 5.62. The van der Waals surface area contributed by atoms with Gasteiger partial charge in [-0.3, -0.25) is 10.1 Å². The van der Waals surface area contributed by atoms with E-state index in [2.05, 4.69) is 5.32 Å². The monoisotopic (exact) mass is 300 g/mol. The number of nitrogens with zero attached hydrogens (tertiary/aromatic N) is 1. The SMILES string of the molecule is O=[N+]([O-])c1c(F)cc(F)cc1NCCOC1CCCCC1. The van der Waals surface area contributed by atoms with Crippen LogP contribution in [0.2, 0.25) is 0 Å². The molecule has 1 aliphatic carbocycles. The van der Waals surface area contributed by atoms with Gasteiger partial charge in [-0.15, -0.1) is 0 Å². The van der Waals surface area contributed by atoms with Crippen molar-refractivity contribution >= 4 is 11.4 Å². The van der Waals surface area contributed by atoms with E-state index in [-0.39, 0.29) is 18.3 Å². The fraction of sp³-hybridized carbons (Fsp3) is 0.571. The van der Waals surface area contributed by atoms with E-state index in [4.69, 9.17) is 4.74 Å². The molecule has 1 aromatic carbocycles. The lowest BCUT2D eigenvalue weighted by atomic mass is 9.98. The minimum absolute atomic E-state index is 0.162. The third-order valence-electron chi connectivity index (χ3n) is 3.53. The summed E-state index contributed by atoms with van der Waals surface area (Å²) >= 11 is 0. The highest BCUT2D eigenvalue weighted by Crippen LogP contribution is 2.28. The maximum absolute atomic E-state index is 13.4. The molecular weight excluding hydrogens is 282 g/mol. The van der Waals surface area contributed by atoms with Crippen LogP contribution in [0.25, 0.3) is 0 Å². The van der Waals surface area contributed by atoms with Gasteiger partial charge in [0, 0.05) is 18.7 Å². The molecule has 21 heavy (non-hydrogen) atoms. The van der Waals surface area contributed by atoms with Gasteiger partial charge in [-0.2, -0.15) is 4.39 Å². The average Bonchev–Trinajstić information content (AvgIpc) is 2.43. The lowest BCUT2D eigenvalue weighted by Crippen LogP contribution is -2.20. The van der Waals surface area contributed by atoms with E-state index in [1.807, 2.05) is 0 Å². The summed E-state index contributed by atoms with van der Waals surface area (Å²) in [5.41, 5.74) is -0.904. The summed E-state index contributed by atoms with van der Waals surface area (Å²) in [7, 11) is 0. The quantitative estimate of drug-likeness (QED) is 0.495. The Kier molecular flexibility index (Phi) is 5.44. The van der Waals surface area contributed by atoms with Gasteiger partial charge in [-0.25, -0.2) is 4.39 Å². The van der Waals surface area contributed by atoms with Crippen molar-refractivity contribution in [2.75, 3.05) is 18.5 Å². The number of benzene rings is 1. The first kappa shape index (κ1) is 15.6. The molecule has 0 aliphatic heterocycles. The van der Waals surface area contributed by atoms with Crippen LogP contribution in [-0.2, 0) is 4.74 Å². The van der Waals surface area contributed by atoms with Gasteiger partial charge >= 0.3 is 5.69 Å². The summed E-state index contributed by atoms with van der Waals surface area (Å²) in [6.45, 7) is 0.611. The number of nitrogens with one attached hydrogen (secondary N) is 1. The van der Waals surface area contributed by atoms with Gasteiger partial charge < -0.3 is 10.1 Å². The summed E-state index contributed by atoms with van der Waals surface area (Å²) in [4.78, 5) is 9.94. The Balaban J connectivity index is 1.88. The Morgan fingerprint density at radius 2 is 2.00 bits per heavy atom. The van der Waals surface area contributed by atoms with E-state index in [1.165, 1.54) is 6.42 Å². The second kappa shape index (κ2) is 7.31. The maximum Gasteiger partial charge on any atom is 0.327 e. The van der Waals surface area contributed by atoms with Gasteiger partial charge in [0.15, 0.2) is 0 Å². The molecular formula is C14H18F2N2O3. The molecule has 0 bridgehead atoms. The molecule has 1 aliphatic rings. The number of rotatable bonds is 6. The van der Waals surface area contributed by atoms with Crippen molar-refractivity contribution in [1.29, 1.82) is 0 Å². The molecule has 116 valence electrons. The summed E-state index contributed by atoms with van der Waals surface area (Å²) in [6.07, 6.45) is 5.80. The highest BCUT2D eigenvalue weighted by atomic mass is 19.1. The standard InChI is InChI=1S/C14H18F2N2O3/c15-10-8-12(16)14(18(19)20)13(9-10)17-6-7-21-11-4-2-1-3-5-11/h8-9,11,17H,1-7H2. The van der Waals surface area contributed by atoms with Crippen molar-refractivity contribution in [3.8, 4) is 0 Å². The predicted molar refractivity (Wildman–Crippen MR) is 74.3 cm³/mol. The second-order valence-electron chi connectivity index (χ2n) is 5.10. The van der Waals surface area contributed by atoms with Crippen LogP contribution in [0.4, 0.5) is 20.2 Å². The molecule has 0 amide bonds. The van der Waals surface area contributed by atoms with Crippen molar-refractivity contribution in [2.45, 2.75) is 38.2 Å². The fourth-order valence-corrected chi connectivity index (χ4v) is 2.53. The molecule has 0 saturated heterocycles. The first-order valence-electron chi connectivity index (χ1n) is 7.07. The van der Waals surface area contributed by atoms with Crippen LogP contribution in [0.1, 0.15) is 32.1 Å². The first-order chi connectivity index (χ1) is 10.1. The lowest BCUT2D eigenvalue weighted by molar-refractivity contribution is -0.386. The van der Waals surface area contributed by atoms with E-state index in [0.29, 0.717) is 12.7 Å². The Bertz CT molecular complexity index is 505. The largest absolute Gasteiger partial charge is 0.377 e. The molecule has 0 spiro atoms. The van der Waals surface area contributed by atoms with Crippen LogP contribution in [0.15, 0.2) is 12.1 Å². The predicted octanol–water partition coefficient (Wildman–Crippen LogP) is 3.63. The Morgan fingerprint density at radius 1 is 1.29 bits per heavy atom. The summed E-state index contributed by atoms with van der Waals surface area (Å²) in [5, 5.41) is 13.5. The number of halogens is 2. The first-order valence-corrected chi connectivity index (χ1v) is 7.07. The van der Waals surface area contributed by atoms with Gasteiger partial charge in [0.25, 0.3) is 0 Å². The zero-order valence-electron chi connectivity index (χ0n) is 11.6. The molecule has 5 nitrogen and oxygen atoms in total. The maximum atomic E-state index is 13.4. The number of anilines is 1. The molecule has 1 aromatic rings. The van der Waals surface area contributed by atoms with Crippen LogP contribution in [0, 0.1) is 21.7 Å². The zero-order chi connectivity index (χ0) is 15.2. The summed E-state index contributed by atoms with van der Waals surface area (Å²) in [6, 6.07) is 1.42. The second-order valence-corrected chi connectivity index (χ2v) is 5.10. The Morgan fingerprint density at radius 3 is 2.67 bits per heavy atom. The van der Waals surface area contributed by atoms with Crippen molar-refractivity contribution in [3.05, 3.63) is 33.9 Å². The Hall–Kier alpha value is -1.76. The number of nitro groups is 1. The van der Waals surface area contributed by atoms with Crippen molar-refractivity contribution < 1.29 is 18.4 Å². The minimum atomic E-state index is -1.18. The third kappa shape index (κ3) is 4.35. The molecule has 0 heterocycles. The van der Waals surface area contributed by atoms with Crippen LogP contribution >= 0.6 is 0 Å². The highest BCUT2D eigenvalue weighted by Gasteiger charge is 2.22. The molecule has 1 N–H and O–H groups in total. The average molecular weight is 300 g/mol. The fourth-order valence-electron chi connectivity index (χ4n) is 2.53. The third-order valence-corrected chi connectivity index (χ3v) is 3.53. The van der Waals surface area contributed by atoms with E-state index in [1.54, 1.807) is 0 Å². The van der Waals surface area contributed by atoms with Crippen molar-refractivity contribution in [2.24, 2.45) is 0 Å². The van der Waals surface area contributed by atoms with Crippen LogP contribution in [-0.4, -0.2) is 24.2 Å². The molecule has 0 radical (unpaired) electrons. The van der Waals surface area contributed by atoms with Crippen LogP contribution < -0.4 is 5.32 Å². The van der Waals surface area contributed by atoms with Crippen LogP contribution in [0.3, 0.4) is 0 Å². The van der Waals surface area contributed by atoms with Crippen molar-refractivity contribution in [3.63, 3.8) is 0 Å². The van der Waals surface area contributed by atoms with Gasteiger partial charge in [-0.1, -0.05) is 19.3 Å². The minimum Gasteiger partial charge on any atom is -0.377 e. The smallest absolute Gasteiger partial charge is 0.327 e. The van der Waals surface area contributed by atoms with Crippen molar-refractivity contribution in [1.82, 2.24) is 0 Å². The zero-order valence-corrected chi connectivity index (χ0v) is 11.6. The van der Waals surface area contributed by atoms with Gasteiger partial charge in [0.05, 0.1) is 17.6 Å². The van der Waals surface area contributed by atoms with E-state index < -0.39 is 22.2 Å². The van der Waals surface area contributed by atoms with Gasteiger partial charge in [0.2, 0.25) is 5.82 Å². The molecule has 0 atom stereocenters. The Labute approximate surface area is 121 Å². The van der Waals surface area contributed by atoms with E-state index >= 15 is 0 Å². The topological polar surface area (TPSA) is 64.4 Å².